The Labute approximate surface area is 189 Å². The summed E-state index contributed by atoms with van der Waals surface area (Å²) in [7, 11) is -5.64. The zero-order chi connectivity index (χ0) is 23.5. The Bertz CT molecular complexity index is 764. The van der Waals surface area contributed by atoms with Crippen LogP contribution in [0, 0.1) is 0 Å². The summed E-state index contributed by atoms with van der Waals surface area (Å²) in [5, 5.41) is -1.35. The van der Waals surface area contributed by atoms with E-state index < -0.39 is 29.4 Å². The lowest BCUT2D eigenvalue weighted by Gasteiger charge is -2.36. The lowest BCUT2D eigenvalue weighted by molar-refractivity contribution is -0.142. The summed E-state index contributed by atoms with van der Waals surface area (Å²) in [6.45, 7) is 13.9. The van der Waals surface area contributed by atoms with Gasteiger partial charge in [-0.05, 0) is 44.0 Å². The Balaban J connectivity index is 2.41. The summed E-state index contributed by atoms with van der Waals surface area (Å²) in [5.41, 5.74) is 0. The van der Waals surface area contributed by atoms with Crippen molar-refractivity contribution in [2.24, 2.45) is 0 Å². The van der Waals surface area contributed by atoms with Crippen molar-refractivity contribution in [1.29, 1.82) is 0 Å². The van der Waals surface area contributed by atoms with Crippen molar-refractivity contribution in [3.63, 3.8) is 0 Å². The second-order valence-corrected chi connectivity index (χ2v) is 16.2. The Morgan fingerprint density at radius 1 is 1.03 bits per heavy atom. The standard InChI is InChI=1S/C22H40N2O5SSi/c1-7-28-20(25)19(30(26,27)21-23-16-14-17-24-21)15-12-10-8-9-11-13-18-29-31(5,6)22(2,3)4/h14,16-17,19H,7-13,15,18H2,1-6H3. The molecule has 1 aromatic heterocycles. The number of rotatable bonds is 14. The minimum absolute atomic E-state index is 0.136. The zero-order valence-corrected chi connectivity index (χ0v) is 21.8. The third kappa shape index (κ3) is 8.98. The molecule has 9 heteroatoms. The smallest absolute Gasteiger partial charge is 0.324 e. The van der Waals surface area contributed by atoms with Crippen LogP contribution in [0.1, 0.15) is 72.6 Å². The highest BCUT2D eigenvalue weighted by Gasteiger charge is 2.37. The monoisotopic (exact) mass is 472 g/mol. The van der Waals surface area contributed by atoms with Gasteiger partial charge in [0.2, 0.25) is 15.0 Å². The summed E-state index contributed by atoms with van der Waals surface area (Å²) in [4.78, 5) is 19.9. The van der Waals surface area contributed by atoms with Crippen LogP contribution < -0.4 is 0 Å². The average molecular weight is 473 g/mol. The zero-order valence-electron chi connectivity index (χ0n) is 20.0. The molecule has 1 atom stereocenters. The van der Waals surface area contributed by atoms with Crippen molar-refractivity contribution in [1.82, 2.24) is 9.97 Å². The van der Waals surface area contributed by atoms with Crippen molar-refractivity contribution in [2.45, 2.75) is 101 Å². The Kier molecular flexibility index (Phi) is 11.3. The lowest BCUT2D eigenvalue weighted by atomic mass is 10.1. The fourth-order valence-corrected chi connectivity index (χ4v) is 5.43. The van der Waals surface area contributed by atoms with Crippen LogP contribution in [0.2, 0.25) is 18.1 Å². The second kappa shape index (κ2) is 12.6. The number of hydrogen-bond donors (Lipinski definition) is 0. The van der Waals surface area contributed by atoms with Gasteiger partial charge < -0.3 is 9.16 Å². The normalized spacial score (nSPS) is 13.7. The van der Waals surface area contributed by atoms with Gasteiger partial charge in [-0.3, -0.25) is 4.79 Å². The predicted molar refractivity (Wildman–Crippen MR) is 125 cm³/mol. The van der Waals surface area contributed by atoms with E-state index in [2.05, 4.69) is 43.8 Å². The first-order valence-electron chi connectivity index (χ1n) is 11.2. The average Bonchev–Trinajstić information content (AvgIpc) is 2.69. The van der Waals surface area contributed by atoms with Crippen LogP contribution in [0.4, 0.5) is 0 Å². The molecular formula is C22H40N2O5SSi. The number of carbonyl (C=O) groups is 1. The number of aromatic nitrogens is 2. The molecule has 1 heterocycles. The second-order valence-electron chi connectivity index (χ2n) is 9.34. The third-order valence-corrected chi connectivity index (χ3v) is 12.3. The predicted octanol–water partition coefficient (Wildman–Crippen LogP) is 4.93. The first kappa shape index (κ1) is 27.7. The van der Waals surface area contributed by atoms with Gasteiger partial charge in [0.05, 0.1) is 6.61 Å². The first-order chi connectivity index (χ1) is 14.4. The number of sulfone groups is 1. The van der Waals surface area contributed by atoms with Gasteiger partial charge in [0, 0.05) is 19.0 Å². The van der Waals surface area contributed by atoms with Crippen molar-refractivity contribution >= 4 is 24.1 Å². The summed E-state index contributed by atoms with van der Waals surface area (Å²) in [6.07, 6.45) is 8.63. The van der Waals surface area contributed by atoms with Gasteiger partial charge in [-0.25, -0.2) is 18.4 Å². The van der Waals surface area contributed by atoms with E-state index in [1.54, 1.807) is 6.92 Å². The largest absolute Gasteiger partial charge is 0.465 e. The van der Waals surface area contributed by atoms with Crippen LogP contribution in [0.15, 0.2) is 23.6 Å². The quantitative estimate of drug-likeness (QED) is 0.164. The van der Waals surface area contributed by atoms with Gasteiger partial charge in [0.25, 0.3) is 0 Å². The molecule has 0 spiro atoms. The minimum Gasteiger partial charge on any atom is -0.465 e. The van der Waals surface area contributed by atoms with Crippen LogP contribution in [0.25, 0.3) is 0 Å². The van der Waals surface area contributed by atoms with Crippen molar-refractivity contribution in [3.8, 4) is 0 Å². The topological polar surface area (TPSA) is 95.5 Å². The molecule has 7 nitrogen and oxygen atoms in total. The Morgan fingerprint density at radius 3 is 2.13 bits per heavy atom. The maximum atomic E-state index is 12.8. The molecule has 0 aliphatic rings. The van der Waals surface area contributed by atoms with Gasteiger partial charge in [-0.2, -0.15) is 0 Å². The lowest BCUT2D eigenvalue weighted by Crippen LogP contribution is -2.40. The Hall–Kier alpha value is -1.32. The molecule has 0 aliphatic carbocycles. The third-order valence-electron chi connectivity index (χ3n) is 5.85. The van der Waals surface area contributed by atoms with E-state index in [4.69, 9.17) is 9.16 Å². The minimum atomic E-state index is -3.96. The summed E-state index contributed by atoms with van der Waals surface area (Å²) < 4.78 is 36.8. The SMILES string of the molecule is CCOC(=O)C(CCCCCCCCO[Si](C)(C)C(C)(C)C)S(=O)(=O)c1ncccn1. The van der Waals surface area contributed by atoms with E-state index in [0.29, 0.717) is 6.42 Å². The van der Waals surface area contributed by atoms with E-state index in [1.165, 1.54) is 18.5 Å². The highest BCUT2D eigenvalue weighted by atomic mass is 32.2. The number of nitrogens with zero attached hydrogens (tertiary/aromatic N) is 2. The van der Waals surface area contributed by atoms with Crippen LogP contribution in [0.3, 0.4) is 0 Å². The first-order valence-corrected chi connectivity index (χ1v) is 15.7. The van der Waals surface area contributed by atoms with Crippen molar-refractivity contribution < 1.29 is 22.4 Å². The van der Waals surface area contributed by atoms with Crippen molar-refractivity contribution in [2.75, 3.05) is 13.2 Å². The molecule has 0 saturated carbocycles. The van der Waals surface area contributed by atoms with Gasteiger partial charge in [-0.15, -0.1) is 0 Å². The van der Waals surface area contributed by atoms with Crippen LogP contribution >= 0.6 is 0 Å². The number of esters is 1. The molecule has 0 aliphatic heterocycles. The molecule has 178 valence electrons. The fraction of sp³-hybridized carbons (Fsp3) is 0.773. The molecule has 0 N–H and O–H groups in total. The molecule has 0 bridgehead atoms. The van der Waals surface area contributed by atoms with Gasteiger partial charge in [-0.1, -0.05) is 52.9 Å². The van der Waals surface area contributed by atoms with Crippen molar-refractivity contribution in [3.05, 3.63) is 18.5 Å². The van der Waals surface area contributed by atoms with E-state index in [0.717, 1.165) is 38.7 Å². The maximum Gasteiger partial charge on any atom is 0.324 e. The fourth-order valence-electron chi connectivity index (χ4n) is 2.88. The summed E-state index contributed by atoms with van der Waals surface area (Å²) in [5.74, 6) is -0.724. The summed E-state index contributed by atoms with van der Waals surface area (Å²) >= 11 is 0. The van der Waals surface area contributed by atoms with Crippen LogP contribution in [-0.4, -0.2) is 51.1 Å². The van der Waals surface area contributed by atoms with Gasteiger partial charge >= 0.3 is 5.97 Å². The number of hydrogen-bond acceptors (Lipinski definition) is 7. The highest BCUT2D eigenvalue weighted by Crippen LogP contribution is 2.36. The van der Waals surface area contributed by atoms with Gasteiger partial charge in [0.15, 0.2) is 13.6 Å². The molecule has 1 aromatic rings. The summed E-state index contributed by atoms with van der Waals surface area (Å²) in [6, 6.07) is 1.54. The molecule has 0 amide bonds. The Morgan fingerprint density at radius 2 is 1.58 bits per heavy atom. The number of carbonyl (C=O) groups excluding carboxylic acids is 1. The maximum absolute atomic E-state index is 12.8. The molecule has 0 fully saturated rings. The molecule has 0 radical (unpaired) electrons. The molecule has 31 heavy (non-hydrogen) atoms. The van der Waals surface area contributed by atoms with E-state index >= 15 is 0 Å². The van der Waals surface area contributed by atoms with E-state index in [9.17, 15) is 13.2 Å². The highest BCUT2D eigenvalue weighted by molar-refractivity contribution is 7.92. The van der Waals surface area contributed by atoms with E-state index in [-0.39, 0.29) is 23.2 Å². The molecule has 0 aromatic carbocycles. The van der Waals surface area contributed by atoms with Crippen LogP contribution in [0.5, 0.6) is 0 Å². The number of unbranched alkanes of at least 4 members (excludes halogenated alkanes) is 5. The van der Waals surface area contributed by atoms with Gasteiger partial charge in [0.1, 0.15) is 0 Å². The molecule has 1 rings (SSSR count). The van der Waals surface area contributed by atoms with E-state index in [1.807, 2.05) is 0 Å². The molecular weight excluding hydrogens is 432 g/mol. The number of ether oxygens (including phenoxy) is 1. The van der Waals surface area contributed by atoms with Crippen LogP contribution in [-0.2, 0) is 23.8 Å². The molecule has 1 unspecified atom stereocenters. The molecule has 0 saturated heterocycles.